The molecule has 0 saturated carbocycles. The summed E-state index contributed by atoms with van der Waals surface area (Å²) < 4.78 is 43.4. The molecule has 2 N–H and O–H groups in total. The van der Waals surface area contributed by atoms with Crippen LogP contribution >= 0.6 is 0 Å². The zero-order valence-corrected chi connectivity index (χ0v) is 11.0. The molecular formula is C13H16F3NO3. The van der Waals surface area contributed by atoms with Crippen LogP contribution in [0, 0.1) is 0 Å². The molecule has 1 aromatic carbocycles. The average molecular weight is 291 g/mol. The van der Waals surface area contributed by atoms with Crippen molar-refractivity contribution in [3.63, 3.8) is 0 Å². The summed E-state index contributed by atoms with van der Waals surface area (Å²) in [5.41, 5.74) is -0.882. The number of alkyl halides is 3. The molecule has 1 rings (SSSR count). The van der Waals surface area contributed by atoms with Crippen LogP contribution in [0.1, 0.15) is 24.5 Å². The monoisotopic (exact) mass is 291 g/mol. The number of aliphatic hydroxyl groups excluding tert-OH is 1. The van der Waals surface area contributed by atoms with Crippen LogP contribution in [-0.4, -0.2) is 24.2 Å². The molecule has 0 aliphatic rings. The average Bonchev–Trinajstić information content (AvgIpc) is 2.41. The van der Waals surface area contributed by atoms with Crippen molar-refractivity contribution in [2.75, 3.05) is 13.2 Å². The van der Waals surface area contributed by atoms with Gasteiger partial charge in [0, 0.05) is 6.54 Å². The highest BCUT2D eigenvalue weighted by molar-refractivity contribution is 5.77. The van der Waals surface area contributed by atoms with E-state index in [0.29, 0.717) is 6.54 Å². The summed E-state index contributed by atoms with van der Waals surface area (Å²) in [5.74, 6) is -0.910. The second-order valence-corrected chi connectivity index (χ2v) is 4.13. The zero-order chi connectivity index (χ0) is 15.2. The number of amides is 1. The van der Waals surface area contributed by atoms with Gasteiger partial charge in [0.05, 0.1) is 12.2 Å². The molecule has 20 heavy (non-hydrogen) atoms. The van der Waals surface area contributed by atoms with E-state index in [0.717, 1.165) is 18.6 Å². The van der Waals surface area contributed by atoms with Crippen LogP contribution in [0.3, 0.4) is 0 Å². The van der Waals surface area contributed by atoms with E-state index in [1.807, 2.05) is 6.92 Å². The molecule has 0 unspecified atom stereocenters. The van der Waals surface area contributed by atoms with Gasteiger partial charge in [0.25, 0.3) is 5.91 Å². The van der Waals surface area contributed by atoms with Crippen molar-refractivity contribution in [1.29, 1.82) is 0 Å². The summed E-state index contributed by atoms with van der Waals surface area (Å²) in [6, 6.07) is 3.22. The molecule has 0 atom stereocenters. The second-order valence-electron chi connectivity index (χ2n) is 4.13. The second kappa shape index (κ2) is 7.14. The maximum atomic E-state index is 12.8. The summed E-state index contributed by atoms with van der Waals surface area (Å²) in [7, 11) is 0. The minimum Gasteiger partial charge on any atom is -0.483 e. The Bertz CT molecular complexity index is 461. The van der Waals surface area contributed by atoms with E-state index < -0.39 is 36.6 Å². The first kappa shape index (κ1) is 16.3. The number of ether oxygens (including phenoxy) is 1. The third-order valence-corrected chi connectivity index (χ3v) is 2.46. The Morgan fingerprint density at radius 3 is 2.65 bits per heavy atom. The zero-order valence-electron chi connectivity index (χ0n) is 11.0. The largest absolute Gasteiger partial charge is 0.483 e. The number of carbonyl (C=O) groups is 1. The van der Waals surface area contributed by atoms with E-state index in [-0.39, 0.29) is 5.56 Å². The first-order valence-corrected chi connectivity index (χ1v) is 6.09. The van der Waals surface area contributed by atoms with Crippen molar-refractivity contribution in [3.8, 4) is 5.75 Å². The minimum absolute atomic E-state index is 0.125. The number of benzene rings is 1. The lowest BCUT2D eigenvalue weighted by molar-refractivity contribution is -0.139. The van der Waals surface area contributed by atoms with Crippen molar-refractivity contribution < 1.29 is 27.8 Å². The molecule has 1 aromatic rings. The van der Waals surface area contributed by atoms with Gasteiger partial charge in [0.15, 0.2) is 6.61 Å². The summed E-state index contributed by atoms with van der Waals surface area (Å²) in [6.45, 7) is 1.32. The predicted molar refractivity (Wildman–Crippen MR) is 66.2 cm³/mol. The summed E-state index contributed by atoms with van der Waals surface area (Å²) >= 11 is 0. The molecule has 0 bridgehead atoms. The number of halogens is 3. The molecule has 0 aromatic heterocycles. The van der Waals surface area contributed by atoms with Gasteiger partial charge >= 0.3 is 6.18 Å². The Morgan fingerprint density at radius 1 is 1.40 bits per heavy atom. The quantitative estimate of drug-likeness (QED) is 0.844. The molecule has 4 nitrogen and oxygen atoms in total. The normalized spacial score (nSPS) is 11.2. The number of aliphatic hydroxyl groups is 1. The predicted octanol–water partition coefficient (Wildman–Crippen LogP) is 2.10. The molecule has 0 heterocycles. The fraction of sp³-hybridized carbons (Fsp3) is 0.462. The molecule has 0 saturated heterocycles. The lowest BCUT2D eigenvalue weighted by atomic mass is 10.1. The van der Waals surface area contributed by atoms with E-state index in [1.165, 1.54) is 6.07 Å². The SMILES string of the molecule is CCCNC(=O)COc1ccc(CO)cc1C(F)(F)F. The Labute approximate surface area is 114 Å². The van der Waals surface area contributed by atoms with Gasteiger partial charge in [-0.05, 0) is 24.1 Å². The number of nitrogens with one attached hydrogen (secondary N) is 1. The minimum atomic E-state index is -4.61. The maximum Gasteiger partial charge on any atom is 0.419 e. The first-order chi connectivity index (χ1) is 9.38. The highest BCUT2D eigenvalue weighted by Gasteiger charge is 2.34. The van der Waals surface area contributed by atoms with Crippen LogP contribution in [0.15, 0.2) is 18.2 Å². The van der Waals surface area contributed by atoms with E-state index in [2.05, 4.69) is 5.32 Å². The van der Waals surface area contributed by atoms with Gasteiger partial charge in [0.1, 0.15) is 5.75 Å². The van der Waals surface area contributed by atoms with Crippen LogP contribution in [0.2, 0.25) is 0 Å². The molecule has 112 valence electrons. The van der Waals surface area contributed by atoms with Crippen molar-refractivity contribution in [2.24, 2.45) is 0 Å². The number of hydrogen-bond acceptors (Lipinski definition) is 3. The van der Waals surface area contributed by atoms with Crippen LogP contribution in [0.25, 0.3) is 0 Å². The number of hydrogen-bond donors (Lipinski definition) is 2. The topological polar surface area (TPSA) is 58.6 Å². The summed E-state index contributed by atoms with van der Waals surface area (Å²) in [6.07, 6.45) is -3.88. The fourth-order valence-electron chi connectivity index (χ4n) is 1.48. The van der Waals surface area contributed by atoms with Gasteiger partial charge in [-0.15, -0.1) is 0 Å². The van der Waals surface area contributed by atoms with E-state index in [4.69, 9.17) is 9.84 Å². The van der Waals surface area contributed by atoms with E-state index in [1.54, 1.807) is 0 Å². The van der Waals surface area contributed by atoms with Crippen molar-refractivity contribution in [1.82, 2.24) is 5.32 Å². The molecule has 1 amide bonds. The van der Waals surface area contributed by atoms with Crippen molar-refractivity contribution in [2.45, 2.75) is 26.1 Å². The molecule has 0 radical (unpaired) electrons. The van der Waals surface area contributed by atoms with Crippen LogP contribution in [0.4, 0.5) is 13.2 Å². The summed E-state index contributed by atoms with van der Waals surface area (Å²) in [4.78, 5) is 11.3. The summed E-state index contributed by atoms with van der Waals surface area (Å²) in [5, 5.41) is 11.4. The van der Waals surface area contributed by atoms with Crippen LogP contribution < -0.4 is 10.1 Å². The lowest BCUT2D eigenvalue weighted by Crippen LogP contribution is -2.29. The van der Waals surface area contributed by atoms with Gasteiger partial charge < -0.3 is 15.2 Å². The van der Waals surface area contributed by atoms with Gasteiger partial charge in [-0.1, -0.05) is 13.0 Å². The first-order valence-electron chi connectivity index (χ1n) is 6.09. The van der Waals surface area contributed by atoms with Crippen molar-refractivity contribution >= 4 is 5.91 Å². The van der Waals surface area contributed by atoms with Gasteiger partial charge in [-0.3, -0.25) is 4.79 Å². The smallest absolute Gasteiger partial charge is 0.419 e. The molecule has 0 aliphatic carbocycles. The maximum absolute atomic E-state index is 12.8. The lowest BCUT2D eigenvalue weighted by Gasteiger charge is -2.14. The number of carbonyl (C=O) groups excluding carboxylic acids is 1. The molecular weight excluding hydrogens is 275 g/mol. The highest BCUT2D eigenvalue weighted by Crippen LogP contribution is 2.36. The van der Waals surface area contributed by atoms with Gasteiger partial charge in [-0.25, -0.2) is 0 Å². The number of rotatable bonds is 6. The molecule has 0 fully saturated rings. The van der Waals surface area contributed by atoms with Crippen molar-refractivity contribution in [3.05, 3.63) is 29.3 Å². The third kappa shape index (κ3) is 4.73. The highest BCUT2D eigenvalue weighted by atomic mass is 19.4. The molecule has 0 spiro atoms. The van der Waals surface area contributed by atoms with Gasteiger partial charge in [0.2, 0.25) is 0 Å². The Morgan fingerprint density at radius 2 is 2.10 bits per heavy atom. The third-order valence-electron chi connectivity index (χ3n) is 2.46. The van der Waals surface area contributed by atoms with Gasteiger partial charge in [-0.2, -0.15) is 13.2 Å². The van der Waals surface area contributed by atoms with E-state index >= 15 is 0 Å². The molecule has 0 aliphatic heterocycles. The Hall–Kier alpha value is -1.76. The van der Waals surface area contributed by atoms with Crippen LogP contribution in [0.5, 0.6) is 5.75 Å². The Kier molecular flexibility index (Phi) is 5.82. The Balaban J connectivity index is 2.81. The fourth-order valence-corrected chi connectivity index (χ4v) is 1.48. The van der Waals surface area contributed by atoms with E-state index in [9.17, 15) is 18.0 Å². The van der Waals surface area contributed by atoms with Crippen LogP contribution in [-0.2, 0) is 17.6 Å². The molecule has 7 heteroatoms. The standard InChI is InChI=1S/C13H16F3NO3/c1-2-5-17-12(19)8-20-11-4-3-9(7-18)6-10(11)13(14,15)16/h3-4,6,18H,2,5,7-8H2,1H3,(H,17,19).